The SMILES string of the molecule is Cc1c(OCCOc2ccc(CC(=O)Nc3cccc4c(C5CCC(=O)NC5=O)nn(C)c34)cc2)cccc1-c1c(C(C)(C)C)cc(N2CCc3cccc(C(=O)Nc4nc5ccccc5s4)c3C2)nc1C(=O)O. The van der Waals surface area contributed by atoms with Gasteiger partial charge in [-0.15, -0.1) is 0 Å². The molecule has 376 valence electrons. The fraction of sp³-hybridized carbons (Fsp3) is 0.263. The van der Waals surface area contributed by atoms with Crippen molar-refractivity contribution in [1.82, 2.24) is 25.1 Å². The summed E-state index contributed by atoms with van der Waals surface area (Å²) in [6.45, 7) is 9.43. The number of aromatic carboxylic acids is 1. The summed E-state index contributed by atoms with van der Waals surface area (Å²) in [5.41, 5.74) is 8.06. The van der Waals surface area contributed by atoms with Crippen LogP contribution in [0.4, 0.5) is 16.6 Å². The van der Waals surface area contributed by atoms with Crippen LogP contribution < -0.4 is 30.3 Å². The number of imide groups is 1. The molecule has 8 aromatic rings. The standard InChI is InChI=1S/C57H54N8O8S/c1-32-36(49-41(57(2,3)4)30-46(60-51(49)55(70)71)65-26-25-34-11-8-13-37(40(34)31-65)53(68)62-56-59-42-15-6-7-18-45(42)74-56)12-10-17-44(32)73-28-27-72-35-21-19-33(20-22-35)29-48(67)58-43-16-9-14-38-50(63-64(5)52(38)43)39-23-24-47(66)61-54(39)69/h6-22,30,39H,23-29,31H2,1-5H3,(H,58,67)(H,70,71)(H,59,62,68)(H,61,66,69). The molecule has 0 radical (unpaired) electrons. The van der Waals surface area contributed by atoms with Gasteiger partial charge in [0.2, 0.25) is 17.7 Å². The number of hydrogen-bond acceptors (Lipinski definition) is 12. The lowest BCUT2D eigenvalue weighted by Gasteiger charge is -2.33. The zero-order valence-corrected chi connectivity index (χ0v) is 42.4. The molecule has 17 heteroatoms. The predicted octanol–water partition coefficient (Wildman–Crippen LogP) is 9.52. The van der Waals surface area contributed by atoms with Crippen LogP contribution in [0.15, 0.2) is 109 Å². The smallest absolute Gasteiger partial charge is 0.355 e. The second kappa shape index (κ2) is 20.2. The molecule has 2 aliphatic heterocycles. The summed E-state index contributed by atoms with van der Waals surface area (Å²) in [6, 6.07) is 33.8. The molecule has 74 heavy (non-hydrogen) atoms. The Bertz CT molecular complexity index is 3510. The van der Waals surface area contributed by atoms with Crippen molar-refractivity contribution in [3.05, 3.63) is 154 Å². The number of aromatic nitrogens is 4. The Morgan fingerprint density at radius 3 is 2.42 bits per heavy atom. The van der Waals surface area contributed by atoms with Gasteiger partial charge in [0, 0.05) is 43.1 Å². The van der Waals surface area contributed by atoms with Crippen LogP contribution in [0.3, 0.4) is 0 Å². The molecule has 16 nitrogen and oxygen atoms in total. The number of carboxylic acids is 1. The van der Waals surface area contributed by atoms with Gasteiger partial charge in [0.25, 0.3) is 5.91 Å². The molecule has 5 heterocycles. The minimum absolute atomic E-state index is 0.0732. The van der Waals surface area contributed by atoms with E-state index in [2.05, 4.69) is 46.8 Å². The maximum atomic E-state index is 13.8. The van der Waals surface area contributed by atoms with Crippen LogP contribution in [-0.4, -0.2) is 74.2 Å². The quantitative estimate of drug-likeness (QED) is 0.0594. The highest BCUT2D eigenvalue weighted by atomic mass is 32.1. The average molecular weight is 1010 g/mol. The van der Waals surface area contributed by atoms with E-state index >= 15 is 0 Å². The summed E-state index contributed by atoms with van der Waals surface area (Å²) in [5.74, 6) is -1.18. The van der Waals surface area contributed by atoms with Crippen molar-refractivity contribution in [2.75, 3.05) is 35.3 Å². The van der Waals surface area contributed by atoms with Gasteiger partial charge in [-0.2, -0.15) is 5.10 Å². The van der Waals surface area contributed by atoms with Gasteiger partial charge in [-0.3, -0.25) is 34.5 Å². The molecule has 0 aliphatic carbocycles. The number of pyridine rings is 1. The van der Waals surface area contributed by atoms with Crippen LogP contribution in [0, 0.1) is 6.92 Å². The highest BCUT2D eigenvalue weighted by Crippen LogP contribution is 2.42. The van der Waals surface area contributed by atoms with E-state index < -0.39 is 17.3 Å². The number of carbonyl (C=O) groups is 5. The Morgan fingerprint density at radius 2 is 1.65 bits per heavy atom. The summed E-state index contributed by atoms with van der Waals surface area (Å²) < 4.78 is 14.9. The Balaban J connectivity index is 0.794. The first-order valence-corrected chi connectivity index (χ1v) is 25.3. The van der Waals surface area contributed by atoms with E-state index in [0.29, 0.717) is 82.0 Å². The highest BCUT2D eigenvalue weighted by Gasteiger charge is 2.33. The average Bonchev–Trinajstić information content (AvgIpc) is 3.95. The molecular formula is C57H54N8O8S. The molecule has 1 atom stereocenters. The molecule has 4 amide bonds. The van der Waals surface area contributed by atoms with Gasteiger partial charge in [-0.1, -0.05) is 92.8 Å². The minimum Gasteiger partial charge on any atom is -0.490 e. The monoisotopic (exact) mass is 1010 g/mol. The third kappa shape index (κ3) is 10.0. The van der Waals surface area contributed by atoms with Crippen molar-refractivity contribution >= 4 is 78.7 Å². The van der Waals surface area contributed by atoms with Crippen molar-refractivity contribution in [3.8, 4) is 22.6 Å². The molecule has 5 aromatic carbocycles. The first-order chi connectivity index (χ1) is 35.6. The van der Waals surface area contributed by atoms with E-state index in [1.807, 2.05) is 96.8 Å². The molecule has 1 saturated heterocycles. The first-order valence-electron chi connectivity index (χ1n) is 24.4. The molecule has 1 unspecified atom stereocenters. The largest absolute Gasteiger partial charge is 0.490 e. The second-order valence-corrected chi connectivity index (χ2v) is 20.6. The number of benzene rings is 5. The third-order valence-electron chi connectivity index (χ3n) is 13.6. The lowest BCUT2D eigenvalue weighted by Crippen LogP contribution is -2.39. The maximum Gasteiger partial charge on any atom is 0.355 e. The molecule has 3 aromatic heterocycles. The van der Waals surface area contributed by atoms with Crippen LogP contribution in [-0.2, 0) is 46.2 Å². The van der Waals surface area contributed by atoms with Crippen molar-refractivity contribution < 1.29 is 38.6 Å². The number of para-hydroxylation sites is 2. The van der Waals surface area contributed by atoms with Crippen LogP contribution in [0.25, 0.3) is 32.2 Å². The molecule has 0 spiro atoms. The minimum atomic E-state index is -1.16. The lowest BCUT2D eigenvalue weighted by atomic mass is 9.80. The Labute approximate surface area is 430 Å². The molecule has 10 rings (SSSR count). The van der Waals surface area contributed by atoms with E-state index in [0.717, 1.165) is 43.4 Å². The molecule has 0 saturated carbocycles. The second-order valence-electron chi connectivity index (χ2n) is 19.6. The predicted molar refractivity (Wildman–Crippen MR) is 284 cm³/mol. The van der Waals surface area contributed by atoms with Gasteiger partial charge >= 0.3 is 5.97 Å². The molecule has 1 fully saturated rings. The maximum absolute atomic E-state index is 13.8. The molecule has 4 N–H and O–H groups in total. The van der Waals surface area contributed by atoms with E-state index in [1.54, 1.807) is 36.0 Å². The lowest BCUT2D eigenvalue weighted by molar-refractivity contribution is -0.134. The van der Waals surface area contributed by atoms with Crippen LogP contribution in [0.5, 0.6) is 11.5 Å². The number of ether oxygens (including phenoxy) is 2. The van der Waals surface area contributed by atoms with Gasteiger partial charge in [-0.25, -0.2) is 14.8 Å². The number of nitrogens with zero attached hydrogens (tertiary/aromatic N) is 5. The number of piperidine rings is 1. The van der Waals surface area contributed by atoms with E-state index in [9.17, 15) is 29.1 Å². The van der Waals surface area contributed by atoms with Gasteiger partial charge in [0.1, 0.15) is 30.5 Å². The molecule has 0 bridgehead atoms. The van der Waals surface area contributed by atoms with E-state index in [4.69, 9.17) is 14.5 Å². The third-order valence-corrected chi connectivity index (χ3v) is 14.5. The zero-order valence-electron chi connectivity index (χ0n) is 41.6. The summed E-state index contributed by atoms with van der Waals surface area (Å²) >= 11 is 1.42. The normalized spacial score (nSPS) is 14.7. The fourth-order valence-electron chi connectivity index (χ4n) is 9.90. The Kier molecular flexibility index (Phi) is 13.4. The van der Waals surface area contributed by atoms with Crippen molar-refractivity contribution in [2.45, 2.75) is 71.3 Å². The number of thiazole rings is 1. The number of carbonyl (C=O) groups excluding carboxylic acids is 4. The summed E-state index contributed by atoms with van der Waals surface area (Å²) in [7, 11) is 1.76. The van der Waals surface area contributed by atoms with Crippen LogP contribution >= 0.6 is 11.3 Å². The van der Waals surface area contributed by atoms with Gasteiger partial charge in [-0.05, 0) is 107 Å². The number of amides is 4. The molecule has 2 aliphatic rings. The van der Waals surface area contributed by atoms with Crippen molar-refractivity contribution in [3.63, 3.8) is 0 Å². The topological polar surface area (TPSA) is 207 Å². The number of fused-ring (bicyclic) bond motifs is 3. The van der Waals surface area contributed by atoms with Crippen molar-refractivity contribution in [1.29, 1.82) is 0 Å². The van der Waals surface area contributed by atoms with Crippen LogP contribution in [0.1, 0.15) is 93.9 Å². The van der Waals surface area contributed by atoms with Gasteiger partial charge < -0.3 is 24.8 Å². The zero-order chi connectivity index (χ0) is 51.8. The first kappa shape index (κ1) is 49.2. The number of hydrogen-bond donors (Lipinski definition) is 4. The number of carboxylic acid groups (broad SMARTS) is 1. The number of anilines is 3. The summed E-state index contributed by atoms with van der Waals surface area (Å²) in [4.78, 5) is 76.3. The van der Waals surface area contributed by atoms with E-state index in [1.165, 1.54) is 11.3 Å². The molecular weight excluding hydrogens is 957 g/mol. The van der Waals surface area contributed by atoms with Crippen LogP contribution in [0.2, 0.25) is 0 Å². The summed E-state index contributed by atoms with van der Waals surface area (Å²) in [5, 5.41) is 25.1. The Hall–Kier alpha value is -8.44. The Morgan fingerprint density at radius 1 is 0.878 bits per heavy atom. The van der Waals surface area contributed by atoms with E-state index in [-0.39, 0.29) is 55.4 Å². The highest BCUT2D eigenvalue weighted by molar-refractivity contribution is 7.22. The summed E-state index contributed by atoms with van der Waals surface area (Å²) in [6.07, 6.45) is 1.36. The number of rotatable bonds is 14. The van der Waals surface area contributed by atoms with Crippen molar-refractivity contribution in [2.24, 2.45) is 7.05 Å². The number of aryl methyl sites for hydroxylation is 1. The number of nitrogens with one attached hydrogen (secondary N) is 3. The van der Waals surface area contributed by atoms with Gasteiger partial charge in [0.15, 0.2) is 10.8 Å². The fourth-order valence-corrected chi connectivity index (χ4v) is 10.8. The van der Waals surface area contributed by atoms with Gasteiger partial charge in [0.05, 0.1) is 39.5 Å².